The minimum absolute atomic E-state index is 0.0110. The second-order valence-corrected chi connectivity index (χ2v) is 7.42. The summed E-state index contributed by atoms with van der Waals surface area (Å²) in [5.41, 5.74) is 0. The van der Waals surface area contributed by atoms with Crippen LogP contribution in [0.1, 0.15) is 18.7 Å². The lowest BCUT2D eigenvalue weighted by Gasteiger charge is -2.23. The molecule has 3 rings (SSSR count). The summed E-state index contributed by atoms with van der Waals surface area (Å²) in [5.74, 6) is 1.28. The van der Waals surface area contributed by atoms with E-state index in [1.54, 1.807) is 36.0 Å². The van der Waals surface area contributed by atoms with Crippen molar-refractivity contribution < 1.29 is 13.2 Å². The number of aromatic nitrogens is 3. The quantitative estimate of drug-likeness (QED) is 0.783. The summed E-state index contributed by atoms with van der Waals surface area (Å²) in [6.45, 7) is 1.94. The van der Waals surface area contributed by atoms with Crippen molar-refractivity contribution in [3.05, 3.63) is 36.4 Å². The molecule has 0 atom stereocenters. The minimum Gasteiger partial charge on any atom is -0.486 e. The molecule has 0 spiro atoms. The molecule has 130 valence electrons. The highest BCUT2D eigenvalue weighted by Gasteiger charge is 2.21. The summed E-state index contributed by atoms with van der Waals surface area (Å²) in [4.78, 5) is 4.31. The minimum atomic E-state index is -3.50. The van der Waals surface area contributed by atoms with Gasteiger partial charge in [-0.2, -0.15) is 5.10 Å². The first-order valence-electron chi connectivity index (χ1n) is 7.83. The van der Waals surface area contributed by atoms with Gasteiger partial charge in [-0.25, -0.2) is 18.1 Å². The van der Waals surface area contributed by atoms with Crippen LogP contribution in [-0.4, -0.2) is 42.3 Å². The zero-order valence-electron chi connectivity index (χ0n) is 13.5. The molecule has 0 amide bonds. The molecule has 1 aromatic heterocycles. The fourth-order valence-corrected chi connectivity index (χ4v) is 3.85. The number of ether oxygens (including phenoxy) is 1. The first-order valence-corrected chi connectivity index (χ1v) is 9.32. The number of benzene rings is 1. The molecular formula is C15H21N5O3S. The van der Waals surface area contributed by atoms with E-state index in [0.29, 0.717) is 11.6 Å². The predicted octanol–water partition coefficient (Wildman–Crippen LogP) is 0.424. The van der Waals surface area contributed by atoms with Crippen LogP contribution in [0.3, 0.4) is 0 Å². The Morgan fingerprint density at radius 3 is 2.62 bits per heavy atom. The molecule has 8 nitrogen and oxygen atoms in total. The third kappa shape index (κ3) is 4.11. The van der Waals surface area contributed by atoms with E-state index in [2.05, 4.69) is 20.1 Å². The van der Waals surface area contributed by atoms with Crippen LogP contribution < -0.4 is 14.8 Å². The van der Waals surface area contributed by atoms with Gasteiger partial charge in [-0.3, -0.25) is 4.68 Å². The van der Waals surface area contributed by atoms with Crippen molar-refractivity contribution in [3.8, 4) is 5.75 Å². The average Bonchev–Trinajstić information content (AvgIpc) is 2.99. The highest BCUT2D eigenvalue weighted by Crippen LogP contribution is 2.18. The number of hydrogen-bond acceptors (Lipinski definition) is 6. The fourth-order valence-electron chi connectivity index (χ4n) is 2.54. The number of hydrogen-bond donors (Lipinski definition) is 2. The topological polar surface area (TPSA) is 98.1 Å². The number of nitrogens with one attached hydrogen (secondary N) is 2. The molecule has 9 heteroatoms. The maximum absolute atomic E-state index is 12.4. The van der Waals surface area contributed by atoms with Crippen LogP contribution in [0, 0.1) is 0 Å². The molecule has 0 radical (unpaired) electrons. The van der Waals surface area contributed by atoms with Crippen molar-refractivity contribution in [1.82, 2.24) is 24.8 Å². The zero-order chi connectivity index (χ0) is 17.0. The Morgan fingerprint density at radius 2 is 2.00 bits per heavy atom. The summed E-state index contributed by atoms with van der Waals surface area (Å²) in [6.07, 6.45) is 3.07. The van der Waals surface area contributed by atoms with Crippen LogP contribution in [0.4, 0.5) is 0 Å². The van der Waals surface area contributed by atoms with Crippen LogP contribution in [0.15, 0.2) is 35.5 Å². The third-order valence-corrected chi connectivity index (χ3v) is 5.50. The van der Waals surface area contributed by atoms with Crippen LogP contribution in [-0.2, 0) is 23.7 Å². The van der Waals surface area contributed by atoms with Gasteiger partial charge >= 0.3 is 0 Å². The average molecular weight is 351 g/mol. The van der Waals surface area contributed by atoms with Crippen molar-refractivity contribution >= 4 is 10.0 Å². The Hall–Kier alpha value is -1.97. The largest absolute Gasteiger partial charge is 0.486 e. The highest BCUT2D eigenvalue weighted by atomic mass is 32.2. The van der Waals surface area contributed by atoms with E-state index in [1.165, 1.54) is 6.33 Å². The normalized spacial score (nSPS) is 16.2. The number of sulfonamides is 1. The molecule has 2 aromatic rings. The van der Waals surface area contributed by atoms with Crippen molar-refractivity contribution in [1.29, 1.82) is 0 Å². The van der Waals surface area contributed by atoms with Gasteiger partial charge < -0.3 is 10.1 Å². The summed E-state index contributed by atoms with van der Waals surface area (Å²) >= 11 is 0. The molecule has 1 saturated heterocycles. The van der Waals surface area contributed by atoms with Gasteiger partial charge in [0.25, 0.3) is 0 Å². The number of piperidine rings is 1. The van der Waals surface area contributed by atoms with E-state index in [0.717, 1.165) is 25.9 Å². The Kier molecular flexibility index (Phi) is 5.12. The molecule has 1 fully saturated rings. The molecule has 2 heterocycles. The van der Waals surface area contributed by atoms with Crippen LogP contribution in [0.25, 0.3) is 0 Å². The second kappa shape index (κ2) is 7.29. The standard InChI is InChI=1S/C15H21N5O3S/c1-20-15(17-11-18-20)10-23-13-2-4-14(5-3-13)24(21,22)19-12-6-8-16-9-7-12/h2-5,11-12,16,19H,6-10H2,1H3. The van der Waals surface area contributed by atoms with E-state index in [9.17, 15) is 8.42 Å². The summed E-state index contributed by atoms with van der Waals surface area (Å²) in [6, 6.07) is 6.38. The molecule has 0 unspecified atom stereocenters. The molecule has 2 N–H and O–H groups in total. The van der Waals surface area contributed by atoms with E-state index >= 15 is 0 Å². The molecule has 0 bridgehead atoms. The number of aryl methyl sites for hydroxylation is 1. The first-order chi connectivity index (χ1) is 11.5. The van der Waals surface area contributed by atoms with Gasteiger partial charge in [-0.15, -0.1) is 0 Å². The van der Waals surface area contributed by atoms with Gasteiger partial charge in [0.2, 0.25) is 10.0 Å². The van der Waals surface area contributed by atoms with E-state index in [4.69, 9.17) is 4.74 Å². The number of nitrogens with zero attached hydrogens (tertiary/aromatic N) is 3. The Labute approximate surface area is 141 Å². The van der Waals surface area contributed by atoms with E-state index in [1.807, 2.05) is 0 Å². The van der Waals surface area contributed by atoms with Crippen LogP contribution >= 0.6 is 0 Å². The van der Waals surface area contributed by atoms with Gasteiger partial charge in [0.1, 0.15) is 18.7 Å². The first kappa shape index (κ1) is 16.9. The maximum atomic E-state index is 12.4. The van der Waals surface area contributed by atoms with E-state index in [-0.39, 0.29) is 17.5 Å². The monoisotopic (exact) mass is 351 g/mol. The van der Waals surface area contributed by atoms with Gasteiger partial charge in [0.05, 0.1) is 4.90 Å². The molecule has 0 saturated carbocycles. The smallest absolute Gasteiger partial charge is 0.240 e. The maximum Gasteiger partial charge on any atom is 0.240 e. The molecule has 1 aliphatic heterocycles. The summed E-state index contributed by atoms with van der Waals surface area (Å²) < 4.78 is 34.8. The van der Waals surface area contributed by atoms with Crippen molar-refractivity contribution in [2.75, 3.05) is 13.1 Å². The lowest BCUT2D eigenvalue weighted by molar-refractivity contribution is 0.289. The summed E-state index contributed by atoms with van der Waals surface area (Å²) in [7, 11) is -1.72. The van der Waals surface area contributed by atoms with Crippen molar-refractivity contribution in [3.63, 3.8) is 0 Å². The Balaban J connectivity index is 1.61. The van der Waals surface area contributed by atoms with Crippen LogP contribution in [0.2, 0.25) is 0 Å². The van der Waals surface area contributed by atoms with Crippen LogP contribution in [0.5, 0.6) is 5.75 Å². The predicted molar refractivity (Wildman–Crippen MR) is 88.0 cm³/mol. The molecule has 1 aliphatic rings. The fraction of sp³-hybridized carbons (Fsp3) is 0.467. The van der Waals surface area contributed by atoms with Gasteiger partial charge in [-0.05, 0) is 50.2 Å². The van der Waals surface area contributed by atoms with Gasteiger partial charge in [-0.1, -0.05) is 0 Å². The van der Waals surface area contributed by atoms with Gasteiger partial charge in [0.15, 0.2) is 5.82 Å². The van der Waals surface area contributed by atoms with Crippen molar-refractivity contribution in [2.24, 2.45) is 7.05 Å². The Bertz CT molecular complexity index is 767. The third-order valence-electron chi connectivity index (χ3n) is 3.97. The SMILES string of the molecule is Cn1ncnc1COc1ccc(S(=O)(=O)NC2CCNCC2)cc1. The molecular weight excluding hydrogens is 330 g/mol. The zero-order valence-corrected chi connectivity index (χ0v) is 14.3. The second-order valence-electron chi connectivity index (χ2n) is 5.71. The molecule has 1 aromatic carbocycles. The molecule has 24 heavy (non-hydrogen) atoms. The highest BCUT2D eigenvalue weighted by molar-refractivity contribution is 7.89. The van der Waals surface area contributed by atoms with Gasteiger partial charge in [0, 0.05) is 13.1 Å². The molecule has 0 aliphatic carbocycles. The number of rotatable bonds is 6. The lowest BCUT2D eigenvalue weighted by atomic mass is 10.1. The summed E-state index contributed by atoms with van der Waals surface area (Å²) in [5, 5.41) is 7.18. The Morgan fingerprint density at radius 1 is 1.29 bits per heavy atom. The van der Waals surface area contributed by atoms with E-state index < -0.39 is 10.0 Å². The van der Waals surface area contributed by atoms with Crippen molar-refractivity contribution in [2.45, 2.75) is 30.4 Å². The lowest BCUT2D eigenvalue weighted by Crippen LogP contribution is -2.42.